The Balaban J connectivity index is 1.89. The lowest BCUT2D eigenvalue weighted by Crippen LogP contribution is -2.53. The number of hydrogen-bond acceptors (Lipinski definition) is 3. The van der Waals surface area contributed by atoms with Gasteiger partial charge in [-0.3, -0.25) is 4.79 Å². The van der Waals surface area contributed by atoms with Crippen molar-refractivity contribution < 1.29 is 9.53 Å². The molecule has 88 valence electrons. The van der Waals surface area contributed by atoms with Crippen molar-refractivity contribution in [2.24, 2.45) is 5.92 Å². The van der Waals surface area contributed by atoms with Gasteiger partial charge in [-0.25, -0.2) is 0 Å². The van der Waals surface area contributed by atoms with Crippen LogP contribution in [0.25, 0.3) is 0 Å². The van der Waals surface area contributed by atoms with Crippen LogP contribution < -0.4 is 5.32 Å². The fraction of sp³-hybridized carbons (Fsp3) is 0.750. The number of terminal acetylenes is 1. The van der Waals surface area contributed by atoms with Crippen LogP contribution in [0.2, 0.25) is 0 Å². The topological polar surface area (TPSA) is 41.6 Å². The summed E-state index contributed by atoms with van der Waals surface area (Å²) in [5.41, 5.74) is 0. The number of carbonyl (C=O) groups excluding carboxylic acids is 1. The molecule has 0 bridgehead atoms. The average molecular weight is 222 g/mol. The summed E-state index contributed by atoms with van der Waals surface area (Å²) >= 11 is 0. The second kappa shape index (κ2) is 5.33. The summed E-state index contributed by atoms with van der Waals surface area (Å²) in [7, 11) is 0. The summed E-state index contributed by atoms with van der Waals surface area (Å²) < 4.78 is 5.29. The van der Waals surface area contributed by atoms with Gasteiger partial charge in [0.25, 0.3) is 0 Å². The minimum atomic E-state index is -0.208. The smallest absolute Gasteiger partial charge is 0.242 e. The van der Waals surface area contributed by atoms with E-state index in [0.29, 0.717) is 25.7 Å². The lowest BCUT2D eigenvalue weighted by molar-refractivity contribution is -0.136. The first-order valence-electron chi connectivity index (χ1n) is 5.84. The molecule has 1 amide bonds. The molecule has 1 saturated carbocycles. The minimum absolute atomic E-state index is 0.0875. The molecule has 4 nitrogen and oxygen atoms in total. The van der Waals surface area contributed by atoms with Crippen molar-refractivity contribution in [2.75, 3.05) is 32.8 Å². The molecule has 0 aromatic heterocycles. The van der Waals surface area contributed by atoms with Crippen molar-refractivity contribution in [2.45, 2.75) is 18.9 Å². The molecule has 16 heavy (non-hydrogen) atoms. The Kier molecular flexibility index (Phi) is 3.81. The Morgan fingerprint density at radius 3 is 2.94 bits per heavy atom. The molecule has 0 aromatic rings. The molecule has 1 atom stereocenters. The number of hydrogen-bond donors (Lipinski definition) is 1. The van der Waals surface area contributed by atoms with E-state index in [0.717, 1.165) is 13.1 Å². The highest BCUT2D eigenvalue weighted by molar-refractivity contribution is 5.82. The lowest BCUT2D eigenvalue weighted by Gasteiger charge is -2.29. The van der Waals surface area contributed by atoms with Crippen LogP contribution in [0.5, 0.6) is 0 Å². The molecule has 1 aliphatic heterocycles. The standard InChI is InChI=1S/C12H18N2O2/c1-2-6-14(8-10-3-4-10)12(15)11-9-16-7-5-13-11/h1,10-11,13H,3-9H2. The van der Waals surface area contributed by atoms with Gasteiger partial charge >= 0.3 is 0 Å². The highest BCUT2D eigenvalue weighted by Crippen LogP contribution is 2.29. The number of nitrogens with one attached hydrogen (secondary N) is 1. The molecule has 1 N–H and O–H groups in total. The quantitative estimate of drug-likeness (QED) is 0.672. The first-order chi connectivity index (χ1) is 7.81. The summed E-state index contributed by atoms with van der Waals surface area (Å²) in [6.45, 7) is 3.10. The summed E-state index contributed by atoms with van der Waals surface area (Å²) in [4.78, 5) is 13.9. The van der Waals surface area contributed by atoms with Crippen molar-refractivity contribution in [1.29, 1.82) is 0 Å². The van der Waals surface area contributed by atoms with E-state index in [1.807, 2.05) is 0 Å². The van der Waals surface area contributed by atoms with Gasteiger partial charge in [0.15, 0.2) is 0 Å². The molecule has 1 aliphatic carbocycles. The molecule has 2 aliphatic rings. The van der Waals surface area contributed by atoms with Gasteiger partial charge in [-0.2, -0.15) is 0 Å². The Labute approximate surface area is 96.3 Å². The van der Waals surface area contributed by atoms with Gasteiger partial charge in [-0.05, 0) is 18.8 Å². The third-order valence-corrected chi connectivity index (χ3v) is 2.99. The fourth-order valence-electron chi connectivity index (χ4n) is 1.90. The molecule has 0 radical (unpaired) electrons. The van der Waals surface area contributed by atoms with Crippen LogP contribution in [0.1, 0.15) is 12.8 Å². The van der Waals surface area contributed by atoms with Crippen LogP contribution in [-0.2, 0) is 9.53 Å². The number of nitrogens with zero attached hydrogens (tertiary/aromatic N) is 1. The van der Waals surface area contributed by atoms with Crippen LogP contribution >= 0.6 is 0 Å². The highest BCUT2D eigenvalue weighted by atomic mass is 16.5. The molecular weight excluding hydrogens is 204 g/mol. The molecule has 2 fully saturated rings. The Morgan fingerprint density at radius 2 is 2.38 bits per heavy atom. The summed E-state index contributed by atoms with van der Waals surface area (Å²) in [6, 6.07) is -0.208. The first kappa shape index (κ1) is 11.4. The van der Waals surface area contributed by atoms with E-state index in [1.54, 1.807) is 4.90 Å². The molecule has 1 unspecified atom stereocenters. The number of carbonyl (C=O) groups is 1. The normalized spacial score (nSPS) is 24.8. The van der Waals surface area contributed by atoms with Gasteiger partial charge in [0.2, 0.25) is 5.91 Å². The minimum Gasteiger partial charge on any atom is -0.378 e. The van der Waals surface area contributed by atoms with Crippen molar-refractivity contribution in [3.63, 3.8) is 0 Å². The molecule has 1 heterocycles. The van der Waals surface area contributed by atoms with E-state index < -0.39 is 0 Å². The van der Waals surface area contributed by atoms with E-state index in [1.165, 1.54) is 12.8 Å². The van der Waals surface area contributed by atoms with Crippen LogP contribution in [-0.4, -0.2) is 49.7 Å². The van der Waals surface area contributed by atoms with Crippen molar-refractivity contribution >= 4 is 5.91 Å². The van der Waals surface area contributed by atoms with Gasteiger partial charge in [0.1, 0.15) is 6.04 Å². The van der Waals surface area contributed by atoms with Gasteiger partial charge in [0.05, 0.1) is 19.8 Å². The second-order valence-electron chi connectivity index (χ2n) is 4.45. The van der Waals surface area contributed by atoms with Crippen molar-refractivity contribution in [1.82, 2.24) is 10.2 Å². The Hall–Kier alpha value is -1.05. The van der Waals surface area contributed by atoms with Gasteiger partial charge in [-0.15, -0.1) is 6.42 Å². The molecule has 4 heteroatoms. The summed E-state index contributed by atoms with van der Waals surface area (Å²) in [6.07, 6.45) is 7.75. The number of amides is 1. The number of ether oxygens (including phenoxy) is 1. The zero-order valence-corrected chi connectivity index (χ0v) is 9.45. The van der Waals surface area contributed by atoms with Gasteiger partial charge in [0, 0.05) is 13.1 Å². The first-order valence-corrected chi connectivity index (χ1v) is 5.84. The van der Waals surface area contributed by atoms with E-state index in [4.69, 9.17) is 11.2 Å². The summed E-state index contributed by atoms with van der Waals surface area (Å²) in [5.74, 6) is 3.31. The molecule has 1 saturated heterocycles. The predicted octanol–water partition coefficient (Wildman–Crippen LogP) is -0.153. The average Bonchev–Trinajstić information content (AvgIpc) is 3.13. The van der Waals surface area contributed by atoms with Gasteiger partial charge < -0.3 is 15.0 Å². The van der Waals surface area contributed by atoms with Crippen molar-refractivity contribution in [3.05, 3.63) is 0 Å². The second-order valence-corrected chi connectivity index (χ2v) is 4.45. The third kappa shape index (κ3) is 2.97. The van der Waals surface area contributed by atoms with E-state index >= 15 is 0 Å². The third-order valence-electron chi connectivity index (χ3n) is 2.99. The van der Waals surface area contributed by atoms with Gasteiger partial charge in [-0.1, -0.05) is 5.92 Å². The maximum atomic E-state index is 12.1. The molecule has 2 rings (SSSR count). The number of rotatable bonds is 4. The van der Waals surface area contributed by atoms with E-state index in [-0.39, 0.29) is 11.9 Å². The maximum Gasteiger partial charge on any atom is 0.242 e. The predicted molar refractivity (Wildman–Crippen MR) is 60.7 cm³/mol. The molecule has 0 spiro atoms. The maximum absolute atomic E-state index is 12.1. The monoisotopic (exact) mass is 222 g/mol. The zero-order valence-electron chi connectivity index (χ0n) is 9.45. The largest absolute Gasteiger partial charge is 0.378 e. The molecule has 0 aromatic carbocycles. The van der Waals surface area contributed by atoms with Crippen LogP contribution in [0, 0.1) is 18.3 Å². The summed E-state index contributed by atoms with van der Waals surface area (Å²) in [5, 5.41) is 3.17. The Morgan fingerprint density at radius 1 is 1.56 bits per heavy atom. The SMILES string of the molecule is C#CCN(CC1CC1)C(=O)C1COCCN1. The highest BCUT2D eigenvalue weighted by Gasteiger charge is 2.30. The molecular formula is C12H18N2O2. The van der Waals surface area contributed by atoms with Crippen molar-refractivity contribution in [3.8, 4) is 12.3 Å². The van der Waals surface area contributed by atoms with Crippen LogP contribution in [0.15, 0.2) is 0 Å². The van der Waals surface area contributed by atoms with E-state index in [9.17, 15) is 4.79 Å². The fourth-order valence-corrected chi connectivity index (χ4v) is 1.90. The van der Waals surface area contributed by atoms with Crippen LogP contribution in [0.4, 0.5) is 0 Å². The lowest BCUT2D eigenvalue weighted by atomic mass is 10.2. The Bertz CT molecular complexity index is 288. The number of morpholine rings is 1. The zero-order chi connectivity index (χ0) is 11.4. The van der Waals surface area contributed by atoms with E-state index in [2.05, 4.69) is 11.2 Å². The van der Waals surface area contributed by atoms with Crippen LogP contribution in [0.3, 0.4) is 0 Å².